The second-order valence-corrected chi connectivity index (χ2v) is 4.68. The minimum atomic E-state index is -0.421. The van der Waals surface area contributed by atoms with E-state index in [-0.39, 0.29) is 18.1 Å². The van der Waals surface area contributed by atoms with Crippen molar-refractivity contribution in [1.29, 1.82) is 0 Å². The van der Waals surface area contributed by atoms with Crippen molar-refractivity contribution < 1.29 is 13.9 Å². The van der Waals surface area contributed by atoms with Crippen LogP contribution in [-0.4, -0.2) is 18.0 Å². The van der Waals surface area contributed by atoms with E-state index in [9.17, 15) is 9.18 Å². The smallest absolute Gasteiger partial charge is 0.225 e. The van der Waals surface area contributed by atoms with Crippen LogP contribution in [0, 0.1) is 12.7 Å². The Balaban J connectivity index is 1.90. The quantitative estimate of drug-likeness (QED) is 0.919. The number of rotatable bonds is 5. The fourth-order valence-electron chi connectivity index (χ4n) is 1.94. The van der Waals surface area contributed by atoms with Crippen LogP contribution in [-0.2, 0) is 11.2 Å². The molecule has 0 atom stereocenters. The molecule has 5 heteroatoms. The molecule has 2 rings (SSSR count). The molecule has 2 aromatic rings. The average molecular weight is 288 g/mol. The van der Waals surface area contributed by atoms with E-state index in [1.54, 1.807) is 18.2 Å². The first kappa shape index (κ1) is 15.0. The van der Waals surface area contributed by atoms with Gasteiger partial charge in [-0.2, -0.15) is 0 Å². The Morgan fingerprint density at radius 1 is 1.33 bits per heavy atom. The van der Waals surface area contributed by atoms with E-state index in [2.05, 4.69) is 10.3 Å². The molecule has 0 bridgehead atoms. The summed E-state index contributed by atoms with van der Waals surface area (Å²) in [6.07, 6.45) is 0.722. The molecule has 1 aromatic carbocycles. The molecule has 0 fully saturated rings. The van der Waals surface area contributed by atoms with Gasteiger partial charge < -0.3 is 10.1 Å². The number of carbonyl (C=O) groups excluding carboxylic acids is 1. The molecule has 1 amide bonds. The van der Waals surface area contributed by atoms with Gasteiger partial charge in [-0.05, 0) is 43.2 Å². The normalized spacial score (nSPS) is 10.2. The lowest BCUT2D eigenvalue weighted by Crippen LogP contribution is -2.13. The molecule has 0 unspecified atom stereocenters. The van der Waals surface area contributed by atoms with Gasteiger partial charge in [-0.25, -0.2) is 9.37 Å². The predicted molar refractivity (Wildman–Crippen MR) is 78.9 cm³/mol. The van der Waals surface area contributed by atoms with Crippen molar-refractivity contribution in [1.82, 2.24) is 4.98 Å². The van der Waals surface area contributed by atoms with Gasteiger partial charge in [-0.15, -0.1) is 0 Å². The van der Waals surface area contributed by atoms with Crippen LogP contribution in [0.5, 0.6) is 5.75 Å². The van der Waals surface area contributed by atoms with Crippen LogP contribution in [0.15, 0.2) is 36.4 Å². The largest absolute Gasteiger partial charge is 0.494 e. The maximum absolute atomic E-state index is 13.5. The minimum absolute atomic E-state index is 0.149. The molecule has 1 aromatic heterocycles. The van der Waals surface area contributed by atoms with E-state index in [0.29, 0.717) is 12.2 Å². The van der Waals surface area contributed by atoms with Crippen LogP contribution in [0.1, 0.15) is 17.7 Å². The van der Waals surface area contributed by atoms with Crippen LogP contribution < -0.4 is 10.1 Å². The van der Waals surface area contributed by atoms with Crippen LogP contribution in [0.25, 0.3) is 0 Å². The SMILES string of the molecule is COc1ccc(CCC(=O)Nc2cccc(C)n2)cc1F. The molecule has 1 heterocycles. The van der Waals surface area contributed by atoms with E-state index in [0.717, 1.165) is 11.3 Å². The van der Waals surface area contributed by atoms with Crippen molar-refractivity contribution in [3.05, 3.63) is 53.5 Å². The van der Waals surface area contributed by atoms with E-state index >= 15 is 0 Å². The number of ether oxygens (including phenoxy) is 1. The van der Waals surface area contributed by atoms with Gasteiger partial charge in [-0.1, -0.05) is 12.1 Å². The summed E-state index contributed by atoms with van der Waals surface area (Å²) in [5.41, 5.74) is 1.59. The highest BCUT2D eigenvalue weighted by Crippen LogP contribution is 2.18. The number of methoxy groups -OCH3 is 1. The summed E-state index contributed by atoms with van der Waals surface area (Å²) in [5, 5.41) is 2.72. The third-order valence-corrected chi connectivity index (χ3v) is 3.01. The Morgan fingerprint density at radius 3 is 2.81 bits per heavy atom. The molecule has 4 nitrogen and oxygen atoms in total. The number of nitrogens with one attached hydrogen (secondary N) is 1. The molecule has 0 aliphatic rings. The first-order valence-corrected chi connectivity index (χ1v) is 6.64. The monoisotopic (exact) mass is 288 g/mol. The second-order valence-electron chi connectivity index (χ2n) is 4.68. The summed E-state index contributed by atoms with van der Waals surface area (Å²) in [6.45, 7) is 1.86. The zero-order valence-electron chi connectivity index (χ0n) is 12.0. The van der Waals surface area contributed by atoms with Gasteiger partial charge in [0.25, 0.3) is 0 Å². The van der Waals surface area contributed by atoms with E-state index in [1.165, 1.54) is 13.2 Å². The zero-order valence-corrected chi connectivity index (χ0v) is 12.0. The molecule has 0 aliphatic heterocycles. The number of hydrogen-bond acceptors (Lipinski definition) is 3. The van der Waals surface area contributed by atoms with Crippen molar-refractivity contribution in [2.75, 3.05) is 12.4 Å². The maximum atomic E-state index is 13.5. The Labute approximate surface area is 123 Å². The summed E-state index contributed by atoms with van der Waals surface area (Å²) < 4.78 is 18.4. The Hall–Kier alpha value is -2.43. The molecule has 0 saturated heterocycles. The number of aryl methyl sites for hydroxylation is 2. The summed E-state index contributed by atoms with van der Waals surface area (Å²) in [4.78, 5) is 16.0. The van der Waals surface area contributed by atoms with Gasteiger partial charge in [0.15, 0.2) is 11.6 Å². The van der Waals surface area contributed by atoms with E-state index < -0.39 is 5.82 Å². The lowest BCUT2D eigenvalue weighted by molar-refractivity contribution is -0.116. The first-order valence-electron chi connectivity index (χ1n) is 6.64. The number of nitrogens with zero attached hydrogens (tertiary/aromatic N) is 1. The summed E-state index contributed by atoms with van der Waals surface area (Å²) in [5.74, 6) is 0.160. The van der Waals surface area contributed by atoms with Gasteiger partial charge in [0, 0.05) is 12.1 Å². The number of halogens is 1. The maximum Gasteiger partial charge on any atom is 0.225 e. The Bertz CT molecular complexity index is 644. The van der Waals surface area contributed by atoms with Crippen LogP contribution >= 0.6 is 0 Å². The molecular weight excluding hydrogens is 271 g/mol. The van der Waals surface area contributed by atoms with Gasteiger partial charge >= 0.3 is 0 Å². The molecule has 21 heavy (non-hydrogen) atoms. The van der Waals surface area contributed by atoms with Crippen molar-refractivity contribution in [2.24, 2.45) is 0 Å². The highest BCUT2D eigenvalue weighted by Gasteiger charge is 2.07. The second kappa shape index (κ2) is 6.83. The highest BCUT2D eigenvalue weighted by molar-refractivity contribution is 5.89. The molecule has 1 N–H and O–H groups in total. The van der Waals surface area contributed by atoms with Crippen molar-refractivity contribution >= 4 is 11.7 Å². The Kier molecular flexibility index (Phi) is 4.87. The number of hydrogen-bond donors (Lipinski definition) is 1. The molecule has 0 saturated carbocycles. The van der Waals surface area contributed by atoms with Crippen LogP contribution in [0.3, 0.4) is 0 Å². The highest BCUT2D eigenvalue weighted by atomic mass is 19.1. The number of benzene rings is 1. The third kappa shape index (κ3) is 4.27. The summed E-state index contributed by atoms with van der Waals surface area (Å²) >= 11 is 0. The van der Waals surface area contributed by atoms with Gasteiger partial charge in [0.1, 0.15) is 5.82 Å². The summed E-state index contributed by atoms with van der Waals surface area (Å²) in [6, 6.07) is 10.1. The van der Waals surface area contributed by atoms with Crippen molar-refractivity contribution in [3.8, 4) is 5.75 Å². The first-order chi connectivity index (χ1) is 10.1. The van der Waals surface area contributed by atoms with E-state index in [1.807, 2.05) is 19.1 Å². The molecular formula is C16H17FN2O2. The lowest BCUT2D eigenvalue weighted by Gasteiger charge is -2.06. The zero-order chi connectivity index (χ0) is 15.2. The van der Waals surface area contributed by atoms with Crippen LogP contribution in [0.4, 0.5) is 10.2 Å². The fraction of sp³-hybridized carbons (Fsp3) is 0.250. The molecule has 110 valence electrons. The van der Waals surface area contributed by atoms with Crippen molar-refractivity contribution in [2.45, 2.75) is 19.8 Å². The van der Waals surface area contributed by atoms with Crippen molar-refractivity contribution in [3.63, 3.8) is 0 Å². The summed E-state index contributed by atoms with van der Waals surface area (Å²) in [7, 11) is 1.42. The predicted octanol–water partition coefficient (Wildman–Crippen LogP) is 3.11. The molecule has 0 radical (unpaired) electrons. The fourth-order valence-corrected chi connectivity index (χ4v) is 1.94. The van der Waals surface area contributed by atoms with Crippen LogP contribution in [0.2, 0.25) is 0 Å². The number of anilines is 1. The number of aromatic nitrogens is 1. The standard InChI is InChI=1S/C16H17FN2O2/c1-11-4-3-5-15(18-11)19-16(20)9-7-12-6-8-14(21-2)13(17)10-12/h3-6,8,10H,7,9H2,1-2H3,(H,18,19,20). The van der Waals surface area contributed by atoms with Gasteiger partial charge in [0.05, 0.1) is 7.11 Å². The van der Waals surface area contributed by atoms with Gasteiger partial charge in [-0.3, -0.25) is 4.79 Å². The number of carbonyl (C=O) groups is 1. The number of pyridine rings is 1. The molecule has 0 aliphatic carbocycles. The topological polar surface area (TPSA) is 51.2 Å². The average Bonchev–Trinajstić information content (AvgIpc) is 2.45. The van der Waals surface area contributed by atoms with Gasteiger partial charge in [0.2, 0.25) is 5.91 Å². The van der Waals surface area contributed by atoms with E-state index in [4.69, 9.17) is 4.74 Å². The lowest BCUT2D eigenvalue weighted by atomic mass is 10.1. The minimum Gasteiger partial charge on any atom is -0.494 e. The Morgan fingerprint density at radius 2 is 2.14 bits per heavy atom. The number of amides is 1. The molecule has 0 spiro atoms. The third-order valence-electron chi connectivity index (χ3n) is 3.01.